The first-order chi connectivity index (χ1) is 9.60. The minimum absolute atomic E-state index is 0.0372. The van der Waals surface area contributed by atoms with Crippen LogP contribution >= 0.6 is 0 Å². The van der Waals surface area contributed by atoms with Crippen LogP contribution < -0.4 is 10.1 Å². The molecule has 0 saturated carbocycles. The maximum Gasteiger partial charge on any atom is 0.354 e. The number of hydrogen-bond donors (Lipinski definition) is 1. The third-order valence-electron chi connectivity index (χ3n) is 2.51. The molecule has 1 aromatic carbocycles. The van der Waals surface area contributed by atoms with E-state index in [4.69, 9.17) is 4.74 Å². The summed E-state index contributed by atoms with van der Waals surface area (Å²) in [6.45, 7) is 0.363. The van der Waals surface area contributed by atoms with E-state index in [0.29, 0.717) is 6.54 Å². The summed E-state index contributed by atoms with van der Waals surface area (Å²) in [5.74, 6) is -0.524. The number of benzene rings is 1. The van der Waals surface area contributed by atoms with Crippen molar-refractivity contribution in [2.45, 2.75) is 6.54 Å². The molecule has 0 bridgehead atoms. The number of methoxy groups -OCH3 is 3. The maximum atomic E-state index is 11.5. The third-order valence-corrected chi connectivity index (χ3v) is 2.51. The van der Waals surface area contributed by atoms with Gasteiger partial charge in [-0.25, -0.2) is 9.59 Å². The average molecular weight is 279 g/mol. The van der Waals surface area contributed by atoms with E-state index in [1.165, 1.54) is 14.2 Å². The topological polar surface area (TPSA) is 73.9 Å². The van der Waals surface area contributed by atoms with Crippen molar-refractivity contribution in [3.8, 4) is 5.75 Å². The normalized spacial score (nSPS) is 10.7. The van der Waals surface area contributed by atoms with Crippen molar-refractivity contribution in [3.63, 3.8) is 0 Å². The van der Waals surface area contributed by atoms with Gasteiger partial charge in [-0.3, -0.25) is 0 Å². The molecule has 0 saturated heterocycles. The zero-order valence-electron chi connectivity index (χ0n) is 11.6. The first-order valence-electron chi connectivity index (χ1n) is 5.85. The van der Waals surface area contributed by atoms with Crippen LogP contribution in [0.15, 0.2) is 36.0 Å². The van der Waals surface area contributed by atoms with Crippen molar-refractivity contribution in [1.82, 2.24) is 5.32 Å². The summed E-state index contributed by atoms with van der Waals surface area (Å²) in [6, 6.07) is 7.30. The van der Waals surface area contributed by atoms with E-state index in [2.05, 4.69) is 14.8 Å². The van der Waals surface area contributed by atoms with E-state index in [-0.39, 0.29) is 5.70 Å². The van der Waals surface area contributed by atoms with E-state index >= 15 is 0 Å². The highest BCUT2D eigenvalue weighted by atomic mass is 16.5. The van der Waals surface area contributed by atoms with Gasteiger partial charge < -0.3 is 19.5 Å². The minimum atomic E-state index is -0.635. The van der Waals surface area contributed by atoms with Crippen LogP contribution in [-0.4, -0.2) is 33.3 Å². The van der Waals surface area contributed by atoms with Crippen molar-refractivity contribution < 1.29 is 23.8 Å². The van der Waals surface area contributed by atoms with E-state index in [0.717, 1.165) is 17.4 Å². The molecule has 0 spiro atoms. The van der Waals surface area contributed by atoms with E-state index < -0.39 is 11.9 Å². The third kappa shape index (κ3) is 4.64. The second kappa shape index (κ2) is 7.83. The summed E-state index contributed by atoms with van der Waals surface area (Å²) in [5.41, 5.74) is 0.959. The Labute approximate surface area is 117 Å². The van der Waals surface area contributed by atoms with Gasteiger partial charge in [0, 0.05) is 6.54 Å². The Bertz CT molecular complexity index is 493. The van der Waals surface area contributed by atoms with Crippen molar-refractivity contribution in [2.75, 3.05) is 21.3 Å². The lowest BCUT2D eigenvalue weighted by molar-refractivity contribution is -0.138. The second-order valence-electron chi connectivity index (χ2n) is 3.77. The zero-order chi connectivity index (χ0) is 15.0. The van der Waals surface area contributed by atoms with Crippen LogP contribution in [0, 0.1) is 0 Å². The fourth-order valence-electron chi connectivity index (χ4n) is 1.41. The molecule has 0 fully saturated rings. The molecule has 0 atom stereocenters. The Morgan fingerprint density at radius 3 is 2.25 bits per heavy atom. The van der Waals surface area contributed by atoms with E-state index in [9.17, 15) is 9.59 Å². The first kappa shape index (κ1) is 15.6. The minimum Gasteiger partial charge on any atom is -0.497 e. The number of rotatable bonds is 6. The molecule has 0 amide bonds. The molecule has 0 heterocycles. The molecule has 1 rings (SSSR count). The maximum absolute atomic E-state index is 11.5. The Kier molecular flexibility index (Phi) is 6.09. The van der Waals surface area contributed by atoms with Crippen LogP contribution in [0.2, 0.25) is 0 Å². The average Bonchev–Trinajstić information content (AvgIpc) is 2.50. The highest BCUT2D eigenvalue weighted by Gasteiger charge is 2.11. The van der Waals surface area contributed by atoms with Gasteiger partial charge in [-0.1, -0.05) is 12.1 Å². The van der Waals surface area contributed by atoms with Crippen molar-refractivity contribution in [2.24, 2.45) is 0 Å². The van der Waals surface area contributed by atoms with Gasteiger partial charge >= 0.3 is 11.9 Å². The Balaban J connectivity index is 2.72. The molecule has 0 radical (unpaired) electrons. The van der Waals surface area contributed by atoms with Crippen molar-refractivity contribution in [1.29, 1.82) is 0 Å². The Morgan fingerprint density at radius 2 is 1.75 bits per heavy atom. The lowest BCUT2D eigenvalue weighted by Gasteiger charge is -2.09. The molecule has 0 aliphatic rings. The van der Waals surface area contributed by atoms with Crippen LogP contribution in [0.1, 0.15) is 5.56 Å². The van der Waals surface area contributed by atoms with Gasteiger partial charge in [-0.15, -0.1) is 0 Å². The molecule has 0 aliphatic heterocycles. The van der Waals surface area contributed by atoms with Crippen LogP contribution in [0.3, 0.4) is 0 Å². The Morgan fingerprint density at radius 1 is 1.10 bits per heavy atom. The standard InChI is InChI=1S/C14H17NO5/c1-18-11-6-4-10(5-7-11)9-15-12(14(17)20-3)8-13(16)19-2/h4-8,15H,9H2,1-3H3/b12-8+. The number of nitrogens with one attached hydrogen (secondary N) is 1. The summed E-state index contributed by atoms with van der Waals surface area (Å²) < 4.78 is 14.1. The van der Waals surface area contributed by atoms with Crippen LogP contribution in [0.4, 0.5) is 0 Å². The summed E-state index contributed by atoms with van der Waals surface area (Å²) in [6.07, 6.45) is 1.05. The molecule has 6 heteroatoms. The monoisotopic (exact) mass is 279 g/mol. The smallest absolute Gasteiger partial charge is 0.354 e. The van der Waals surface area contributed by atoms with Crippen molar-refractivity contribution >= 4 is 11.9 Å². The van der Waals surface area contributed by atoms with Crippen LogP contribution in [0.5, 0.6) is 5.75 Å². The lowest BCUT2D eigenvalue weighted by atomic mass is 10.2. The van der Waals surface area contributed by atoms with Crippen molar-refractivity contribution in [3.05, 3.63) is 41.6 Å². The zero-order valence-corrected chi connectivity index (χ0v) is 11.6. The molecular weight excluding hydrogens is 262 g/mol. The second-order valence-corrected chi connectivity index (χ2v) is 3.77. The van der Waals surface area contributed by atoms with E-state index in [1.54, 1.807) is 19.2 Å². The van der Waals surface area contributed by atoms with Gasteiger partial charge in [0.2, 0.25) is 0 Å². The first-order valence-corrected chi connectivity index (χ1v) is 5.85. The van der Waals surface area contributed by atoms with Gasteiger partial charge in [-0.2, -0.15) is 0 Å². The molecule has 1 aromatic rings. The molecule has 6 nitrogen and oxygen atoms in total. The predicted octanol–water partition coefficient (Wildman–Crippen LogP) is 1.01. The molecule has 0 aromatic heterocycles. The lowest BCUT2D eigenvalue weighted by Crippen LogP contribution is -2.22. The molecule has 1 N–H and O–H groups in total. The number of hydrogen-bond acceptors (Lipinski definition) is 6. The van der Waals surface area contributed by atoms with Crippen LogP contribution in [-0.2, 0) is 25.6 Å². The summed E-state index contributed by atoms with van der Waals surface area (Å²) >= 11 is 0. The predicted molar refractivity (Wildman–Crippen MR) is 71.9 cm³/mol. The molecule has 20 heavy (non-hydrogen) atoms. The molecular formula is C14H17NO5. The Hall–Kier alpha value is -2.50. The number of carbonyl (C=O) groups is 2. The highest BCUT2D eigenvalue weighted by molar-refractivity contribution is 5.95. The van der Waals surface area contributed by atoms with Gasteiger partial charge in [0.05, 0.1) is 27.4 Å². The fourth-order valence-corrected chi connectivity index (χ4v) is 1.41. The van der Waals surface area contributed by atoms with Gasteiger partial charge in [0.15, 0.2) is 0 Å². The fraction of sp³-hybridized carbons (Fsp3) is 0.286. The number of esters is 2. The molecule has 0 unspecified atom stereocenters. The van der Waals surface area contributed by atoms with Gasteiger partial charge in [0.1, 0.15) is 11.4 Å². The number of ether oxygens (including phenoxy) is 3. The summed E-state index contributed by atoms with van der Waals surface area (Å²) in [7, 11) is 4.06. The SMILES string of the molecule is COC(=O)/C=C(/NCc1ccc(OC)cc1)C(=O)OC. The molecule has 108 valence electrons. The van der Waals surface area contributed by atoms with Gasteiger partial charge in [0.25, 0.3) is 0 Å². The molecule has 0 aliphatic carbocycles. The van der Waals surface area contributed by atoms with E-state index in [1.807, 2.05) is 12.1 Å². The van der Waals surface area contributed by atoms with Crippen LogP contribution in [0.25, 0.3) is 0 Å². The summed E-state index contributed by atoms with van der Waals surface area (Å²) in [4.78, 5) is 22.7. The number of carbonyl (C=O) groups excluding carboxylic acids is 2. The highest BCUT2D eigenvalue weighted by Crippen LogP contribution is 2.11. The quantitative estimate of drug-likeness (QED) is 0.619. The summed E-state index contributed by atoms with van der Waals surface area (Å²) in [5, 5.41) is 2.83. The van der Waals surface area contributed by atoms with Gasteiger partial charge in [-0.05, 0) is 17.7 Å². The largest absolute Gasteiger partial charge is 0.497 e.